The van der Waals surface area contributed by atoms with Gasteiger partial charge < -0.3 is 0 Å². The molecule has 0 radical (unpaired) electrons. The monoisotopic (exact) mass is 310 g/mol. The molecule has 0 aliphatic heterocycles. The molecule has 0 saturated carbocycles. The minimum atomic E-state index is -3.21. The number of hydrogen-bond acceptors (Lipinski definition) is 3. The molecule has 118 valence electrons. The van der Waals surface area contributed by atoms with Gasteiger partial charge in [0.25, 0.3) is 0 Å². The number of benzene rings is 1. The van der Waals surface area contributed by atoms with Gasteiger partial charge in [0.15, 0.2) is 15.6 Å². The van der Waals surface area contributed by atoms with Crippen molar-refractivity contribution in [2.75, 3.05) is 5.75 Å². The Morgan fingerprint density at radius 2 is 1.52 bits per heavy atom. The van der Waals surface area contributed by atoms with Crippen LogP contribution in [0.25, 0.3) is 0 Å². The summed E-state index contributed by atoms with van der Waals surface area (Å²) in [7, 11) is -3.21. The van der Waals surface area contributed by atoms with Crippen molar-refractivity contribution in [3.63, 3.8) is 0 Å². The van der Waals surface area contributed by atoms with E-state index in [2.05, 4.69) is 6.92 Å². The summed E-state index contributed by atoms with van der Waals surface area (Å²) < 4.78 is 24.4. The van der Waals surface area contributed by atoms with E-state index in [4.69, 9.17) is 0 Å². The number of Topliss-reactive ketones (excluding diaryl/α,β-unsaturated/α-hetero) is 1. The lowest BCUT2D eigenvalue weighted by molar-refractivity contribution is 0.0981. The van der Waals surface area contributed by atoms with Gasteiger partial charge in [0.1, 0.15) is 0 Å². The Kier molecular flexibility index (Phi) is 7.65. The summed E-state index contributed by atoms with van der Waals surface area (Å²) in [6, 6.07) is 6.37. The SMILES string of the molecule is CCCCCCCS(=O)(=O)c1ccc(C(=O)CCC)cc1. The summed E-state index contributed by atoms with van der Waals surface area (Å²) in [5.41, 5.74) is 0.596. The number of unbranched alkanes of at least 4 members (excludes halogenated alkanes) is 4. The molecule has 4 heteroatoms. The number of carbonyl (C=O) groups excluding carboxylic acids is 1. The van der Waals surface area contributed by atoms with Gasteiger partial charge in [0, 0.05) is 12.0 Å². The maximum Gasteiger partial charge on any atom is 0.178 e. The molecule has 1 aromatic rings. The van der Waals surface area contributed by atoms with Crippen molar-refractivity contribution in [1.29, 1.82) is 0 Å². The first kappa shape index (κ1) is 17.9. The molecule has 0 bridgehead atoms. The van der Waals surface area contributed by atoms with Crippen LogP contribution in [0.1, 0.15) is 69.2 Å². The van der Waals surface area contributed by atoms with E-state index in [1.165, 1.54) is 0 Å². The van der Waals surface area contributed by atoms with Crippen LogP contribution in [0.3, 0.4) is 0 Å². The first-order valence-corrected chi connectivity index (χ1v) is 9.52. The van der Waals surface area contributed by atoms with E-state index in [0.29, 0.717) is 23.3 Å². The van der Waals surface area contributed by atoms with Crippen molar-refractivity contribution >= 4 is 15.6 Å². The molecule has 1 rings (SSSR count). The summed E-state index contributed by atoms with van der Waals surface area (Å²) in [5, 5.41) is 0. The predicted molar refractivity (Wildman–Crippen MR) is 86.5 cm³/mol. The summed E-state index contributed by atoms with van der Waals surface area (Å²) in [6.07, 6.45) is 6.38. The predicted octanol–water partition coefficient (Wildman–Crippen LogP) is 4.41. The fourth-order valence-electron chi connectivity index (χ4n) is 2.23. The van der Waals surface area contributed by atoms with Crippen molar-refractivity contribution in [1.82, 2.24) is 0 Å². The molecule has 0 unspecified atom stereocenters. The average Bonchev–Trinajstić information content (AvgIpc) is 2.47. The van der Waals surface area contributed by atoms with Crippen LogP contribution in [0.5, 0.6) is 0 Å². The molecule has 21 heavy (non-hydrogen) atoms. The van der Waals surface area contributed by atoms with Crippen molar-refractivity contribution in [2.24, 2.45) is 0 Å². The van der Waals surface area contributed by atoms with Crippen LogP contribution in [0.15, 0.2) is 29.2 Å². The Balaban J connectivity index is 2.61. The second-order valence-electron chi connectivity index (χ2n) is 5.43. The van der Waals surface area contributed by atoms with Gasteiger partial charge in [-0.3, -0.25) is 4.79 Å². The lowest BCUT2D eigenvalue weighted by Crippen LogP contribution is -2.07. The fourth-order valence-corrected chi connectivity index (χ4v) is 3.60. The van der Waals surface area contributed by atoms with Gasteiger partial charge in [-0.05, 0) is 25.0 Å². The standard InChI is InChI=1S/C17H26O3S/c1-3-5-6-7-8-14-21(19,20)16-12-10-15(11-13-16)17(18)9-4-2/h10-13H,3-9,14H2,1-2H3. The molecule has 1 aromatic carbocycles. The van der Waals surface area contributed by atoms with E-state index < -0.39 is 9.84 Å². The zero-order chi connectivity index (χ0) is 15.7. The van der Waals surface area contributed by atoms with E-state index in [1.54, 1.807) is 24.3 Å². The van der Waals surface area contributed by atoms with Gasteiger partial charge in [0.05, 0.1) is 10.6 Å². The third-order valence-electron chi connectivity index (χ3n) is 3.53. The minimum absolute atomic E-state index is 0.0704. The molecule has 0 amide bonds. The first-order chi connectivity index (χ1) is 10.0. The summed E-state index contributed by atoms with van der Waals surface area (Å²) in [6.45, 7) is 4.09. The van der Waals surface area contributed by atoms with Crippen LogP contribution >= 0.6 is 0 Å². The summed E-state index contributed by atoms with van der Waals surface area (Å²) in [4.78, 5) is 12.1. The molecule has 0 aliphatic carbocycles. The zero-order valence-electron chi connectivity index (χ0n) is 13.1. The molecule has 0 spiro atoms. The molecule has 0 saturated heterocycles. The Morgan fingerprint density at radius 1 is 0.905 bits per heavy atom. The summed E-state index contributed by atoms with van der Waals surface area (Å²) >= 11 is 0. The van der Waals surface area contributed by atoms with Crippen molar-refractivity contribution in [3.05, 3.63) is 29.8 Å². The van der Waals surface area contributed by atoms with Crippen LogP contribution in [-0.2, 0) is 9.84 Å². The smallest absolute Gasteiger partial charge is 0.178 e. The normalized spacial score (nSPS) is 11.5. The Labute approximate surface area is 128 Å². The molecule has 0 fully saturated rings. The van der Waals surface area contributed by atoms with Crippen LogP contribution in [-0.4, -0.2) is 20.0 Å². The third-order valence-corrected chi connectivity index (χ3v) is 5.35. The van der Waals surface area contributed by atoms with Crippen molar-refractivity contribution < 1.29 is 13.2 Å². The number of rotatable bonds is 10. The number of hydrogen-bond donors (Lipinski definition) is 0. The number of sulfone groups is 1. The molecule has 3 nitrogen and oxygen atoms in total. The van der Waals surface area contributed by atoms with E-state index >= 15 is 0 Å². The molecular weight excluding hydrogens is 284 g/mol. The van der Waals surface area contributed by atoms with Gasteiger partial charge in [-0.25, -0.2) is 8.42 Å². The first-order valence-electron chi connectivity index (χ1n) is 7.87. The maximum absolute atomic E-state index is 12.2. The minimum Gasteiger partial charge on any atom is -0.294 e. The van der Waals surface area contributed by atoms with E-state index in [9.17, 15) is 13.2 Å². The zero-order valence-corrected chi connectivity index (χ0v) is 13.9. The lowest BCUT2D eigenvalue weighted by Gasteiger charge is -2.06. The number of carbonyl (C=O) groups is 1. The van der Waals surface area contributed by atoms with E-state index in [-0.39, 0.29) is 11.5 Å². The van der Waals surface area contributed by atoms with Crippen molar-refractivity contribution in [3.8, 4) is 0 Å². The summed E-state index contributed by atoms with van der Waals surface area (Å²) in [5.74, 6) is 0.264. The largest absolute Gasteiger partial charge is 0.294 e. The van der Waals surface area contributed by atoms with E-state index in [1.807, 2.05) is 6.92 Å². The average molecular weight is 310 g/mol. The Hall–Kier alpha value is -1.16. The van der Waals surface area contributed by atoms with Crippen LogP contribution in [0.4, 0.5) is 0 Å². The van der Waals surface area contributed by atoms with Gasteiger partial charge >= 0.3 is 0 Å². The highest BCUT2D eigenvalue weighted by molar-refractivity contribution is 7.91. The molecule has 0 heterocycles. The second-order valence-corrected chi connectivity index (χ2v) is 7.54. The second kappa shape index (κ2) is 8.98. The highest BCUT2D eigenvalue weighted by Gasteiger charge is 2.14. The van der Waals surface area contributed by atoms with E-state index in [0.717, 1.165) is 32.1 Å². The van der Waals surface area contributed by atoms with Crippen molar-refractivity contribution in [2.45, 2.75) is 63.7 Å². The van der Waals surface area contributed by atoms with Gasteiger partial charge in [-0.1, -0.05) is 51.7 Å². The Morgan fingerprint density at radius 3 is 2.10 bits per heavy atom. The van der Waals surface area contributed by atoms with Gasteiger partial charge in [-0.15, -0.1) is 0 Å². The Bertz CT molecular complexity index is 530. The number of ketones is 1. The highest BCUT2D eigenvalue weighted by atomic mass is 32.2. The fraction of sp³-hybridized carbons (Fsp3) is 0.588. The quantitative estimate of drug-likeness (QED) is 0.475. The van der Waals surface area contributed by atoms with Crippen LogP contribution in [0.2, 0.25) is 0 Å². The lowest BCUT2D eigenvalue weighted by atomic mass is 10.1. The van der Waals surface area contributed by atoms with Crippen LogP contribution in [0, 0.1) is 0 Å². The van der Waals surface area contributed by atoms with Crippen LogP contribution < -0.4 is 0 Å². The van der Waals surface area contributed by atoms with Gasteiger partial charge in [-0.2, -0.15) is 0 Å². The molecule has 0 aliphatic rings. The van der Waals surface area contributed by atoms with Gasteiger partial charge in [0.2, 0.25) is 0 Å². The molecule has 0 atom stereocenters. The maximum atomic E-state index is 12.2. The molecule has 0 N–H and O–H groups in total. The topological polar surface area (TPSA) is 51.2 Å². The highest BCUT2D eigenvalue weighted by Crippen LogP contribution is 2.16. The molecular formula is C17H26O3S. The third kappa shape index (κ3) is 6.00. The molecule has 0 aromatic heterocycles.